The van der Waals surface area contributed by atoms with Crippen LogP contribution in [0, 0.1) is 11.8 Å². The Kier molecular flexibility index (Phi) is 4.02. The van der Waals surface area contributed by atoms with Crippen molar-refractivity contribution in [3.63, 3.8) is 0 Å². The first-order valence-corrected chi connectivity index (χ1v) is 7.88. The van der Waals surface area contributed by atoms with E-state index in [4.69, 9.17) is 0 Å². The fraction of sp³-hybridized carbons (Fsp3) is 1.00. The highest BCUT2D eigenvalue weighted by atomic mass is 15.2. The van der Waals surface area contributed by atoms with Gasteiger partial charge in [0.15, 0.2) is 0 Å². The van der Waals surface area contributed by atoms with Gasteiger partial charge in [0.1, 0.15) is 0 Å². The Morgan fingerprint density at radius 3 is 2.59 bits per heavy atom. The zero-order valence-corrected chi connectivity index (χ0v) is 11.2. The third-order valence-corrected chi connectivity index (χ3v) is 5.36. The van der Waals surface area contributed by atoms with Crippen LogP contribution in [0.25, 0.3) is 0 Å². The molecule has 98 valence electrons. The van der Waals surface area contributed by atoms with E-state index in [9.17, 15) is 0 Å². The van der Waals surface area contributed by atoms with Gasteiger partial charge in [0.05, 0.1) is 0 Å². The molecule has 3 rings (SSSR count). The molecule has 2 aliphatic heterocycles. The number of nitrogens with zero attached hydrogens (tertiary/aromatic N) is 1. The Morgan fingerprint density at radius 2 is 1.65 bits per heavy atom. The Balaban J connectivity index is 1.57. The predicted octanol–water partition coefficient (Wildman–Crippen LogP) is 2.64. The second-order valence-corrected chi connectivity index (χ2v) is 6.44. The maximum Gasteiger partial charge on any atom is 0.0220 e. The van der Waals surface area contributed by atoms with Crippen LogP contribution in [0.1, 0.15) is 51.4 Å². The van der Waals surface area contributed by atoms with Crippen LogP contribution < -0.4 is 5.32 Å². The molecule has 0 aromatic heterocycles. The molecule has 1 saturated carbocycles. The highest BCUT2D eigenvalue weighted by molar-refractivity contribution is 4.87. The van der Waals surface area contributed by atoms with Gasteiger partial charge in [-0.25, -0.2) is 0 Å². The average molecular weight is 236 g/mol. The van der Waals surface area contributed by atoms with Gasteiger partial charge in [0.2, 0.25) is 0 Å². The minimum atomic E-state index is 0.848. The van der Waals surface area contributed by atoms with Crippen LogP contribution in [0.5, 0.6) is 0 Å². The Hall–Kier alpha value is -0.0800. The van der Waals surface area contributed by atoms with E-state index in [1.54, 1.807) is 0 Å². The van der Waals surface area contributed by atoms with Gasteiger partial charge >= 0.3 is 0 Å². The molecule has 0 aromatic rings. The van der Waals surface area contributed by atoms with Gasteiger partial charge in [-0.15, -0.1) is 0 Å². The molecule has 0 aromatic carbocycles. The molecule has 3 unspecified atom stereocenters. The second-order valence-electron chi connectivity index (χ2n) is 6.44. The number of nitrogens with one attached hydrogen (secondary N) is 1. The zero-order chi connectivity index (χ0) is 11.5. The number of piperidine rings is 1. The zero-order valence-electron chi connectivity index (χ0n) is 11.2. The molecule has 0 radical (unpaired) electrons. The summed E-state index contributed by atoms with van der Waals surface area (Å²) in [5, 5.41) is 3.62. The first kappa shape index (κ1) is 12.0. The number of fused-ring (bicyclic) bond motifs is 1. The quantitative estimate of drug-likeness (QED) is 0.753. The molecule has 3 fully saturated rings. The average Bonchev–Trinajstić information content (AvgIpc) is 2.67. The molecule has 3 atom stereocenters. The molecule has 2 heteroatoms. The Labute approximate surface area is 106 Å². The first-order valence-electron chi connectivity index (χ1n) is 7.88. The normalized spacial score (nSPS) is 40.6. The lowest BCUT2D eigenvalue weighted by Gasteiger charge is -2.44. The molecule has 2 heterocycles. The highest BCUT2D eigenvalue weighted by Gasteiger charge is 2.33. The third kappa shape index (κ3) is 2.85. The van der Waals surface area contributed by atoms with Crippen LogP contribution in [-0.4, -0.2) is 37.1 Å². The SMILES string of the molecule is C1CCC(N2CCC3CCCCC3C2)CNC1. The van der Waals surface area contributed by atoms with E-state index in [-0.39, 0.29) is 0 Å². The second kappa shape index (κ2) is 5.71. The molecule has 0 amide bonds. The van der Waals surface area contributed by atoms with Crippen molar-refractivity contribution in [3.8, 4) is 0 Å². The van der Waals surface area contributed by atoms with E-state index in [2.05, 4.69) is 10.2 Å². The molecule has 2 saturated heterocycles. The minimum absolute atomic E-state index is 0.848. The summed E-state index contributed by atoms with van der Waals surface area (Å²) in [5.74, 6) is 2.12. The molecule has 0 spiro atoms. The summed E-state index contributed by atoms with van der Waals surface area (Å²) in [5.41, 5.74) is 0. The van der Waals surface area contributed by atoms with E-state index >= 15 is 0 Å². The summed E-state index contributed by atoms with van der Waals surface area (Å²) in [6.45, 7) is 5.29. The highest BCUT2D eigenvalue weighted by Crippen LogP contribution is 2.36. The largest absolute Gasteiger partial charge is 0.315 e. The topological polar surface area (TPSA) is 15.3 Å². The van der Waals surface area contributed by atoms with Crippen LogP contribution in [-0.2, 0) is 0 Å². The van der Waals surface area contributed by atoms with E-state index in [1.807, 2.05) is 0 Å². The summed E-state index contributed by atoms with van der Waals surface area (Å²) in [6, 6.07) is 0.848. The van der Waals surface area contributed by atoms with E-state index in [1.165, 1.54) is 77.5 Å². The maximum absolute atomic E-state index is 3.62. The van der Waals surface area contributed by atoms with Crippen molar-refractivity contribution >= 4 is 0 Å². The Morgan fingerprint density at radius 1 is 0.824 bits per heavy atom. The molecular weight excluding hydrogens is 208 g/mol. The molecule has 3 aliphatic rings. The summed E-state index contributed by atoms with van der Waals surface area (Å²) < 4.78 is 0. The van der Waals surface area contributed by atoms with Gasteiger partial charge in [0.25, 0.3) is 0 Å². The van der Waals surface area contributed by atoms with Crippen molar-refractivity contribution in [3.05, 3.63) is 0 Å². The predicted molar refractivity (Wildman–Crippen MR) is 72.1 cm³/mol. The van der Waals surface area contributed by atoms with Crippen molar-refractivity contribution in [2.24, 2.45) is 11.8 Å². The Bertz CT molecular complexity index is 233. The van der Waals surface area contributed by atoms with Crippen molar-refractivity contribution < 1.29 is 0 Å². The molecule has 0 bridgehead atoms. The molecule has 1 aliphatic carbocycles. The van der Waals surface area contributed by atoms with Crippen molar-refractivity contribution in [1.29, 1.82) is 0 Å². The summed E-state index contributed by atoms with van der Waals surface area (Å²) in [7, 11) is 0. The first-order chi connectivity index (χ1) is 8.43. The third-order valence-electron chi connectivity index (χ3n) is 5.36. The van der Waals surface area contributed by atoms with Gasteiger partial charge in [-0.05, 0) is 50.6 Å². The number of hydrogen-bond donors (Lipinski definition) is 1. The number of rotatable bonds is 1. The summed E-state index contributed by atoms with van der Waals surface area (Å²) >= 11 is 0. The van der Waals surface area contributed by atoms with Crippen LogP contribution in [0.4, 0.5) is 0 Å². The monoisotopic (exact) mass is 236 g/mol. The molecule has 2 nitrogen and oxygen atoms in total. The van der Waals surface area contributed by atoms with E-state index < -0.39 is 0 Å². The van der Waals surface area contributed by atoms with E-state index in [0.717, 1.165) is 17.9 Å². The van der Waals surface area contributed by atoms with E-state index in [0.29, 0.717) is 0 Å². The van der Waals surface area contributed by atoms with Gasteiger partial charge in [-0.3, -0.25) is 4.90 Å². The fourth-order valence-corrected chi connectivity index (χ4v) is 4.27. The lowest BCUT2D eigenvalue weighted by atomic mass is 9.75. The van der Waals surface area contributed by atoms with Gasteiger partial charge < -0.3 is 5.32 Å². The number of likely N-dealkylation sites (tertiary alicyclic amines) is 1. The summed E-state index contributed by atoms with van der Waals surface area (Å²) in [4.78, 5) is 2.82. The van der Waals surface area contributed by atoms with Gasteiger partial charge in [-0.1, -0.05) is 25.7 Å². The maximum atomic E-state index is 3.62. The van der Waals surface area contributed by atoms with Crippen molar-refractivity contribution in [1.82, 2.24) is 10.2 Å². The van der Waals surface area contributed by atoms with Crippen LogP contribution in [0.3, 0.4) is 0 Å². The smallest absolute Gasteiger partial charge is 0.0220 e. The van der Waals surface area contributed by atoms with Gasteiger partial charge in [-0.2, -0.15) is 0 Å². The van der Waals surface area contributed by atoms with Crippen LogP contribution in [0.2, 0.25) is 0 Å². The van der Waals surface area contributed by atoms with Crippen molar-refractivity contribution in [2.75, 3.05) is 26.2 Å². The molecule has 1 N–H and O–H groups in total. The van der Waals surface area contributed by atoms with Crippen molar-refractivity contribution in [2.45, 2.75) is 57.4 Å². The fourth-order valence-electron chi connectivity index (χ4n) is 4.27. The minimum Gasteiger partial charge on any atom is -0.315 e. The standard InChI is InChI=1S/C15H28N2/c1-2-6-14-12-17(10-8-13(14)5-1)15-7-3-4-9-16-11-15/h13-16H,1-12H2. The van der Waals surface area contributed by atoms with Gasteiger partial charge in [0, 0.05) is 19.1 Å². The lowest BCUT2D eigenvalue weighted by molar-refractivity contribution is 0.0551. The number of hydrogen-bond acceptors (Lipinski definition) is 2. The molecular formula is C15H28N2. The van der Waals surface area contributed by atoms with Crippen LogP contribution >= 0.6 is 0 Å². The van der Waals surface area contributed by atoms with Crippen LogP contribution in [0.15, 0.2) is 0 Å². The lowest BCUT2D eigenvalue weighted by Crippen LogP contribution is -2.49. The molecule has 17 heavy (non-hydrogen) atoms. The summed E-state index contributed by atoms with van der Waals surface area (Å²) in [6.07, 6.45) is 11.8.